The second-order valence-electron chi connectivity index (χ2n) is 9.35. The van der Waals surface area contributed by atoms with Crippen molar-refractivity contribution in [2.75, 3.05) is 10.6 Å². The summed E-state index contributed by atoms with van der Waals surface area (Å²) in [5.41, 5.74) is 0.358. The van der Waals surface area contributed by atoms with Crippen LogP contribution in [0.3, 0.4) is 0 Å². The standard InChI is InChI=1S/C32H24Cl2F3N3O3S/c1-19(29(41)39-27-18-22(32(35,36)37)9-16-26(27)34)44-25-14-12-24(13-15-25)38-31(43)28(17-20-7-10-23(33)11-8-20)40-30(42)21-5-3-2-4-6-21/h2-19H,1H3,(H,38,43)(H,39,41)(H,40,42)/b28-17-. The van der Waals surface area contributed by atoms with Crippen molar-refractivity contribution in [2.24, 2.45) is 0 Å². The molecule has 0 aliphatic heterocycles. The van der Waals surface area contributed by atoms with Crippen LogP contribution in [0.25, 0.3) is 6.08 Å². The van der Waals surface area contributed by atoms with E-state index in [4.69, 9.17) is 23.2 Å². The molecular weight excluding hydrogens is 634 g/mol. The predicted octanol–water partition coefficient (Wildman–Crippen LogP) is 8.54. The van der Waals surface area contributed by atoms with Crippen LogP contribution >= 0.6 is 35.0 Å². The number of hydrogen-bond donors (Lipinski definition) is 3. The third-order valence-electron chi connectivity index (χ3n) is 6.06. The van der Waals surface area contributed by atoms with E-state index in [0.717, 1.165) is 30.0 Å². The lowest BCUT2D eigenvalue weighted by atomic mass is 10.1. The Kier molecular flexibility index (Phi) is 10.7. The van der Waals surface area contributed by atoms with Crippen molar-refractivity contribution < 1.29 is 27.6 Å². The Morgan fingerprint density at radius 1 is 0.841 bits per heavy atom. The minimum absolute atomic E-state index is 0.00169. The molecule has 1 atom stereocenters. The number of carbonyl (C=O) groups is 3. The third kappa shape index (κ3) is 9.12. The van der Waals surface area contributed by atoms with Gasteiger partial charge in [0.2, 0.25) is 5.91 Å². The molecule has 226 valence electrons. The molecular formula is C32H24Cl2F3N3O3S. The van der Waals surface area contributed by atoms with Gasteiger partial charge in [-0.3, -0.25) is 14.4 Å². The van der Waals surface area contributed by atoms with Crippen LogP contribution in [0.15, 0.2) is 108 Å². The Balaban J connectivity index is 1.42. The van der Waals surface area contributed by atoms with E-state index < -0.39 is 34.7 Å². The summed E-state index contributed by atoms with van der Waals surface area (Å²) in [7, 11) is 0. The van der Waals surface area contributed by atoms with Crippen molar-refractivity contribution in [1.29, 1.82) is 0 Å². The van der Waals surface area contributed by atoms with Crippen LogP contribution in [0.1, 0.15) is 28.4 Å². The minimum Gasteiger partial charge on any atom is -0.324 e. The fraction of sp³-hybridized carbons (Fsp3) is 0.0938. The highest BCUT2D eigenvalue weighted by Crippen LogP contribution is 2.34. The Morgan fingerprint density at radius 3 is 2.14 bits per heavy atom. The third-order valence-corrected chi connectivity index (χ3v) is 7.75. The quantitative estimate of drug-likeness (QED) is 0.124. The van der Waals surface area contributed by atoms with Gasteiger partial charge >= 0.3 is 6.18 Å². The molecule has 4 aromatic carbocycles. The number of benzene rings is 4. The molecule has 3 N–H and O–H groups in total. The summed E-state index contributed by atoms with van der Waals surface area (Å²) >= 11 is 13.1. The summed E-state index contributed by atoms with van der Waals surface area (Å²) in [5, 5.41) is 7.66. The van der Waals surface area contributed by atoms with Gasteiger partial charge in [0.25, 0.3) is 11.8 Å². The number of nitrogens with one attached hydrogen (secondary N) is 3. The highest BCUT2D eigenvalue weighted by Gasteiger charge is 2.31. The van der Waals surface area contributed by atoms with Crippen LogP contribution in [0, 0.1) is 0 Å². The number of anilines is 2. The summed E-state index contributed by atoms with van der Waals surface area (Å²) in [4.78, 5) is 39.4. The Morgan fingerprint density at radius 2 is 1.50 bits per heavy atom. The first-order chi connectivity index (χ1) is 20.9. The first-order valence-corrected chi connectivity index (χ1v) is 14.6. The van der Waals surface area contributed by atoms with Gasteiger partial charge in [0.05, 0.1) is 21.5 Å². The average Bonchev–Trinajstić information content (AvgIpc) is 2.99. The van der Waals surface area contributed by atoms with E-state index in [-0.39, 0.29) is 16.4 Å². The molecule has 1 unspecified atom stereocenters. The summed E-state index contributed by atoms with van der Waals surface area (Å²) < 4.78 is 39.2. The molecule has 0 aliphatic rings. The maximum atomic E-state index is 13.2. The van der Waals surface area contributed by atoms with Gasteiger partial charge in [-0.05, 0) is 85.3 Å². The lowest BCUT2D eigenvalue weighted by molar-refractivity contribution is -0.137. The van der Waals surface area contributed by atoms with E-state index in [1.54, 1.807) is 85.8 Å². The lowest BCUT2D eigenvalue weighted by Crippen LogP contribution is -2.30. The number of halogens is 5. The normalized spacial score (nSPS) is 12.3. The number of rotatable bonds is 9. The minimum atomic E-state index is -4.58. The fourth-order valence-electron chi connectivity index (χ4n) is 3.77. The molecule has 6 nitrogen and oxygen atoms in total. The molecule has 3 amide bonds. The van der Waals surface area contributed by atoms with Crippen molar-refractivity contribution in [3.05, 3.63) is 129 Å². The van der Waals surface area contributed by atoms with Gasteiger partial charge in [-0.1, -0.05) is 53.5 Å². The predicted molar refractivity (Wildman–Crippen MR) is 169 cm³/mol. The Labute approximate surface area is 265 Å². The molecule has 44 heavy (non-hydrogen) atoms. The summed E-state index contributed by atoms with van der Waals surface area (Å²) in [6.07, 6.45) is -3.06. The number of carbonyl (C=O) groups excluding carboxylic acids is 3. The first-order valence-electron chi connectivity index (χ1n) is 13.0. The molecule has 0 aromatic heterocycles. The molecule has 0 radical (unpaired) electrons. The average molecular weight is 659 g/mol. The van der Waals surface area contributed by atoms with Gasteiger partial charge in [0.15, 0.2) is 0 Å². The monoisotopic (exact) mass is 657 g/mol. The molecule has 4 rings (SSSR count). The van der Waals surface area contributed by atoms with Crippen molar-refractivity contribution in [1.82, 2.24) is 5.32 Å². The number of alkyl halides is 3. The maximum absolute atomic E-state index is 13.2. The largest absolute Gasteiger partial charge is 0.416 e. The highest BCUT2D eigenvalue weighted by atomic mass is 35.5. The van der Waals surface area contributed by atoms with Gasteiger partial charge in [0, 0.05) is 21.2 Å². The van der Waals surface area contributed by atoms with Crippen LogP contribution in [-0.2, 0) is 15.8 Å². The topological polar surface area (TPSA) is 87.3 Å². The smallest absolute Gasteiger partial charge is 0.324 e. The van der Waals surface area contributed by atoms with Crippen molar-refractivity contribution in [3.8, 4) is 0 Å². The number of amides is 3. The van der Waals surface area contributed by atoms with Gasteiger partial charge in [0.1, 0.15) is 5.70 Å². The second kappa shape index (κ2) is 14.5. The van der Waals surface area contributed by atoms with Crippen LogP contribution in [0.2, 0.25) is 10.0 Å². The van der Waals surface area contributed by atoms with Gasteiger partial charge < -0.3 is 16.0 Å². The molecule has 12 heteroatoms. The zero-order valence-corrected chi connectivity index (χ0v) is 25.2. The summed E-state index contributed by atoms with van der Waals surface area (Å²) in [6.45, 7) is 1.60. The van der Waals surface area contributed by atoms with Crippen LogP contribution < -0.4 is 16.0 Å². The fourth-order valence-corrected chi connectivity index (χ4v) is 4.93. The number of hydrogen-bond acceptors (Lipinski definition) is 4. The SMILES string of the molecule is CC(Sc1ccc(NC(=O)/C(=C/c2ccc(Cl)cc2)NC(=O)c2ccccc2)cc1)C(=O)Nc1cc(C(F)(F)F)ccc1Cl. The van der Waals surface area contributed by atoms with Crippen LogP contribution in [-0.4, -0.2) is 23.0 Å². The van der Waals surface area contributed by atoms with E-state index in [0.29, 0.717) is 26.7 Å². The molecule has 4 aromatic rings. The molecule has 0 spiro atoms. The van der Waals surface area contributed by atoms with E-state index in [1.165, 1.54) is 6.08 Å². The van der Waals surface area contributed by atoms with E-state index in [1.807, 2.05) is 0 Å². The first kappa shape index (κ1) is 32.7. The van der Waals surface area contributed by atoms with Crippen molar-refractivity contribution >= 4 is 70.1 Å². The van der Waals surface area contributed by atoms with E-state index in [9.17, 15) is 27.6 Å². The van der Waals surface area contributed by atoms with E-state index >= 15 is 0 Å². The van der Waals surface area contributed by atoms with Gasteiger partial charge in [-0.15, -0.1) is 11.8 Å². The molecule has 0 heterocycles. The molecule has 0 aliphatic carbocycles. The summed E-state index contributed by atoms with van der Waals surface area (Å²) in [6, 6.07) is 24.5. The Hall–Kier alpha value is -4.25. The Bertz CT molecular complexity index is 1680. The molecule has 0 bridgehead atoms. The van der Waals surface area contributed by atoms with Gasteiger partial charge in [-0.2, -0.15) is 13.2 Å². The van der Waals surface area contributed by atoms with E-state index in [2.05, 4.69) is 16.0 Å². The highest BCUT2D eigenvalue weighted by molar-refractivity contribution is 8.00. The number of thioether (sulfide) groups is 1. The van der Waals surface area contributed by atoms with Crippen molar-refractivity contribution in [2.45, 2.75) is 23.2 Å². The van der Waals surface area contributed by atoms with Gasteiger partial charge in [-0.25, -0.2) is 0 Å². The summed E-state index contributed by atoms with van der Waals surface area (Å²) in [5.74, 6) is -1.58. The van der Waals surface area contributed by atoms with Crippen molar-refractivity contribution in [3.63, 3.8) is 0 Å². The zero-order chi connectivity index (χ0) is 31.9. The molecule has 0 saturated carbocycles. The zero-order valence-electron chi connectivity index (χ0n) is 22.9. The molecule has 0 saturated heterocycles. The van der Waals surface area contributed by atoms with Crippen LogP contribution in [0.5, 0.6) is 0 Å². The molecule has 0 fully saturated rings. The maximum Gasteiger partial charge on any atom is 0.416 e. The second-order valence-corrected chi connectivity index (χ2v) is 11.6. The van der Waals surface area contributed by atoms with Crippen LogP contribution in [0.4, 0.5) is 24.5 Å². The lowest BCUT2D eigenvalue weighted by Gasteiger charge is -2.15.